The molecule has 0 spiro atoms. The topological polar surface area (TPSA) is 54.5 Å². The minimum atomic E-state index is -5.13. The van der Waals surface area contributed by atoms with E-state index < -0.39 is 33.7 Å². The summed E-state index contributed by atoms with van der Waals surface area (Å²) in [6.07, 6.45) is -4.06. The molecule has 0 aromatic heterocycles. The Morgan fingerprint density at radius 2 is 2.00 bits per heavy atom. The molecule has 0 fully saturated rings. The van der Waals surface area contributed by atoms with Crippen LogP contribution in [0.4, 0.5) is 18.9 Å². The van der Waals surface area contributed by atoms with Gasteiger partial charge >= 0.3 is 12.1 Å². The van der Waals surface area contributed by atoms with Gasteiger partial charge in [0.25, 0.3) is 0 Å². The van der Waals surface area contributed by atoms with Crippen molar-refractivity contribution in [1.29, 1.82) is 0 Å². The second-order valence-corrected chi connectivity index (χ2v) is 7.12. The number of hydrogen-bond acceptors (Lipinski definition) is 3. The largest absolute Gasteiger partial charge is 0.471 e. The summed E-state index contributed by atoms with van der Waals surface area (Å²) >= 11 is 5.88. The lowest BCUT2D eigenvalue weighted by molar-refractivity contribution is -0.170. The molecular weight excluding hydrogens is 343 g/mol. The Hall–Kier alpha value is -1.54. The van der Waals surface area contributed by atoms with Gasteiger partial charge in [-0.3, -0.25) is 9.69 Å². The standard InChI is InChI=1S/C13H11ClF3NO3S/c1-8-10(14)3-2-4-11(8)18(12(19)13(15,16)17)9-5-6-22(20,21)7-9/h2-6,9H,7H2,1H3/t9-/m0/s1. The number of halogens is 4. The number of nitrogens with zero attached hydrogens (tertiary/aromatic N) is 1. The van der Waals surface area contributed by atoms with Crippen molar-refractivity contribution >= 4 is 33.0 Å². The minimum Gasteiger partial charge on any atom is -0.296 e. The third kappa shape index (κ3) is 3.27. The van der Waals surface area contributed by atoms with E-state index in [1.165, 1.54) is 25.1 Å². The maximum absolute atomic E-state index is 12.9. The van der Waals surface area contributed by atoms with E-state index >= 15 is 0 Å². The van der Waals surface area contributed by atoms with Gasteiger partial charge in [0.05, 0.1) is 11.8 Å². The van der Waals surface area contributed by atoms with Crippen molar-refractivity contribution in [3.8, 4) is 0 Å². The van der Waals surface area contributed by atoms with Gasteiger partial charge in [-0.2, -0.15) is 13.2 Å². The van der Waals surface area contributed by atoms with Crippen molar-refractivity contribution in [3.63, 3.8) is 0 Å². The second-order valence-electron chi connectivity index (χ2n) is 4.78. The Morgan fingerprint density at radius 3 is 2.50 bits per heavy atom. The van der Waals surface area contributed by atoms with E-state index in [0.717, 1.165) is 11.5 Å². The first-order valence-corrected chi connectivity index (χ1v) is 8.19. The first kappa shape index (κ1) is 16.8. The number of carbonyl (C=O) groups is 1. The number of carbonyl (C=O) groups excluding carboxylic acids is 1. The van der Waals surface area contributed by atoms with E-state index in [1.807, 2.05) is 0 Å². The zero-order valence-corrected chi connectivity index (χ0v) is 12.8. The molecular formula is C13H11ClF3NO3S. The molecule has 120 valence electrons. The molecule has 0 aliphatic carbocycles. The van der Waals surface area contributed by atoms with Crippen molar-refractivity contribution in [2.75, 3.05) is 10.7 Å². The number of hydrogen-bond donors (Lipinski definition) is 0. The summed E-state index contributed by atoms with van der Waals surface area (Å²) in [7, 11) is -3.63. The Labute approximate surface area is 130 Å². The predicted molar refractivity (Wildman–Crippen MR) is 76.4 cm³/mol. The number of amides is 1. The lowest BCUT2D eigenvalue weighted by atomic mass is 10.1. The molecule has 1 aromatic rings. The summed E-state index contributed by atoms with van der Waals surface area (Å²) in [5.74, 6) is -2.73. The monoisotopic (exact) mass is 353 g/mol. The highest BCUT2D eigenvalue weighted by atomic mass is 35.5. The quantitative estimate of drug-likeness (QED) is 0.821. The van der Waals surface area contributed by atoms with Crippen LogP contribution in [0.2, 0.25) is 5.02 Å². The van der Waals surface area contributed by atoms with Crippen LogP contribution in [0.5, 0.6) is 0 Å². The maximum atomic E-state index is 12.9. The molecule has 1 aromatic carbocycles. The fourth-order valence-corrected chi connectivity index (χ4v) is 3.59. The summed E-state index contributed by atoms with van der Waals surface area (Å²) in [6.45, 7) is 1.46. The van der Waals surface area contributed by atoms with Gasteiger partial charge in [0, 0.05) is 16.1 Å². The van der Waals surface area contributed by atoms with Crippen LogP contribution >= 0.6 is 11.6 Å². The molecule has 1 atom stereocenters. The van der Waals surface area contributed by atoms with E-state index in [1.54, 1.807) is 0 Å². The normalized spacial score (nSPS) is 20.1. The molecule has 1 heterocycles. The van der Waals surface area contributed by atoms with Gasteiger partial charge in [0.2, 0.25) is 0 Å². The first-order chi connectivity index (χ1) is 10.0. The molecule has 0 unspecified atom stereocenters. The number of alkyl halides is 3. The van der Waals surface area contributed by atoms with Gasteiger partial charge in [0.15, 0.2) is 9.84 Å². The van der Waals surface area contributed by atoms with E-state index in [-0.39, 0.29) is 16.3 Å². The van der Waals surface area contributed by atoms with Gasteiger partial charge in [-0.1, -0.05) is 17.7 Å². The molecule has 0 bridgehead atoms. The van der Waals surface area contributed by atoms with Crippen LogP contribution < -0.4 is 4.90 Å². The van der Waals surface area contributed by atoms with Gasteiger partial charge in [-0.25, -0.2) is 8.42 Å². The molecule has 1 aliphatic rings. The smallest absolute Gasteiger partial charge is 0.296 e. The van der Waals surface area contributed by atoms with E-state index in [9.17, 15) is 26.4 Å². The highest BCUT2D eigenvalue weighted by molar-refractivity contribution is 7.94. The van der Waals surface area contributed by atoms with Gasteiger partial charge < -0.3 is 0 Å². The third-order valence-corrected chi connectivity index (χ3v) is 4.99. The van der Waals surface area contributed by atoms with E-state index in [4.69, 9.17) is 11.6 Å². The van der Waals surface area contributed by atoms with Crippen molar-refractivity contribution < 1.29 is 26.4 Å². The minimum absolute atomic E-state index is 0.0680. The molecule has 22 heavy (non-hydrogen) atoms. The molecule has 1 aliphatic heterocycles. The molecule has 4 nitrogen and oxygen atoms in total. The lowest BCUT2D eigenvalue weighted by Gasteiger charge is -2.29. The molecule has 0 saturated heterocycles. The fraction of sp³-hybridized carbons (Fsp3) is 0.308. The van der Waals surface area contributed by atoms with Crippen LogP contribution in [0.1, 0.15) is 5.56 Å². The van der Waals surface area contributed by atoms with Crippen LogP contribution in [0.15, 0.2) is 29.7 Å². The fourth-order valence-electron chi connectivity index (χ4n) is 2.15. The van der Waals surface area contributed by atoms with Crippen LogP contribution in [-0.4, -0.2) is 32.3 Å². The average Bonchev–Trinajstić information content (AvgIpc) is 2.74. The predicted octanol–water partition coefficient (Wildman–Crippen LogP) is 2.85. The first-order valence-electron chi connectivity index (χ1n) is 6.09. The number of rotatable bonds is 2. The molecule has 0 N–H and O–H groups in total. The molecule has 2 rings (SSSR count). The summed E-state index contributed by atoms with van der Waals surface area (Å²) < 4.78 is 61.5. The van der Waals surface area contributed by atoms with Crippen molar-refractivity contribution in [3.05, 3.63) is 40.3 Å². The molecule has 0 radical (unpaired) electrons. The Balaban J connectivity index is 2.54. The Kier molecular flexibility index (Phi) is 4.27. The lowest BCUT2D eigenvalue weighted by Crippen LogP contribution is -2.48. The molecule has 0 saturated carbocycles. The summed E-state index contributed by atoms with van der Waals surface area (Å²) in [6, 6.07) is 2.94. The number of sulfone groups is 1. The van der Waals surface area contributed by atoms with Crippen molar-refractivity contribution in [2.45, 2.75) is 19.1 Å². The SMILES string of the molecule is Cc1c(Cl)cccc1N(C(=O)C(F)(F)F)[C@H]1C=CS(=O)(=O)C1. The van der Waals surface area contributed by atoms with Gasteiger partial charge in [-0.15, -0.1) is 0 Å². The Morgan fingerprint density at radius 1 is 1.36 bits per heavy atom. The highest BCUT2D eigenvalue weighted by Gasteiger charge is 2.46. The number of benzene rings is 1. The zero-order valence-electron chi connectivity index (χ0n) is 11.3. The van der Waals surface area contributed by atoms with Crippen LogP contribution in [0, 0.1) is 6.92 Å². The summed E-state index contributed by atoms with van der Waals surface area (Å²) in [5.41, 5.74) is 0.195. The third-order valence-electron chi connectivity index (χ3n) is 3.20. The summed E-state index contributed by atoms with van der Waals surface area (Å²) in [4.78, 5) is 12.2. The van der Waals surface area contributed by atoms with Gasteiger partial charge in [0.1, 0.15) is 0 Å². The average molecular weight is 354 g/mol. The van der Waals surface area contributed by atoms with Crippen molar-refractivity contribution in [1.82, 2.24) is 0 Å². The van der Waals surface area contributed by atoms with Crippen LogP contribution in [0.3, 0.4) is 0 Å². The maximum Gasteiger partial charge on any atom is 0.471 e. The zero-order chi connectivity index (χ0) is 16.7. The Bertz CT molecular complexity index is 743. The molecule has 1 amide bonds. The second kappa shape index (κ2) is 5.58. The van der Waals surface area contributed by atoms with Crippen molar-refractivity contribution in [2.24, 2.45) is 0 Å². The highest BCUT2D eigenvalue weighted by Crippen LogP contribution is 2.33. The number of anilines is 1. The van der Waals surface area contributed by atoms with Crippen LogP contribution in [-0.2, 0) is 14.6 Å². The van der Waals surface area contributed by atoms with Gasteiger partial charge in [-0.05, 0) is 30.7 Å². The summed E-state index contributed by atoms with van der Waals surface area (Å²) in [5, 5.41) is 0.996. The molecule has 9 heteroatoms. The van der Waals surface area contributed by atoms with Crippen LogP contribution in [0.25, 0.3) is 0 Å². The van der Waals surface area contributed by atoms with E-state index in [2.05, 4.69) is 0 Å². The van der Waals surface area contributed by atoms with E-state index in [0.29, 0.717) is 4.90 Å².